The first kappa shape index (κ1) is 13.0. The van der Waals surface area contributed by atoms with Crippen LogP contribution in [0.3, 0.4) is 0 Å². The second kappa shape index (κ2) is 5.86. The minimum atomic E-state index is 0. The van der Waals surface area contributed by atoms with Gasteiger partial charge in [0, 0.05) is 6.07 Å². The molecule has 2 rings (SSSR count). The number of rotatable bonds is 3. The van der Waals surface area contributed by atoms with Gasteiger partial charge in [-0.3, -0.25) is 0 Å². The molecule has 0 fully saturated rings. The van der Waals surface area contributed by atoms with Gasteiger partial charge >= 0.3 is 0 Å². The lowest BCUT2D eigenvalue weighted by Gasteiger charge is -1.91. The van der Waals surface area contributed by atoms with E-state index in [-0.39, 0.29) is 24.0 Å². The quantitative estimate of drug-likeness (QED) is 0.329. The van der Waals surface area contributed by atoms with Gasteiger partial charge in [0.2, 0.25) is 5.52 Å². The van der Waals surface area contributed by atoms with Crippen LogP contribution in [0, 0.1) is 0 Å². The van der Waals surface area contributed by atoms with Gasteiger partial charge in [0.1, 0.15) is 4.70 Å². The van der Waals surface area contributed by atoms with Gasteiger partial charge in [-0.1, -0.05) is 30.0 Å². The van der Waals surface area contributed by atoms with Crippen LogP contribution in [0.25, 0.3) is 10.2 Å². The summed E-state index contributed by atoms with van der Waals surface area (Å²) in [5.41, 5.74) is 1.31. The minimum absolute atomic E-state index is 0. The molecule has 0 aliphatic rings. The third kappa shape index (κ3) is 2.54. The van der Waals surface area contributed by atoms with Crippen LogP contribution in [0.1, 0.15) is 0 Å². The molecular weight excluding hydrogens is 337 g/mol. The first-order valence-corrected chi connectivity index (χ1v) is 6.47. The lowest BCUT2D eigenvalue weighted by molar-refractivity contribution is -0.692. The fourth-order valence-electron chi connectivity index (χ4n) is 1.47. The van der Waals surface area contributed by atoms with E-state index in [4.69, 9.17) is 0 Å². The summed E-state index contributed by atoms with van der Waals surface area (Å²) in [5.74, 6) is 0. The van der Waals surface area contributed by atoms with Crippen molar-refractivity contribution in [2.45, 2.75) is 10.9 Å². The number of nitrogens with zero attached hydrogens (tertiary/aromatic N) is 1. The smallest absolute Gasteiger partial charge is 0.298 e. The van der Waals surface area contributed by atoms with Gasteiger partial charge in [0.05, 0.1) is 0 Å². The number of thioether (sulfide) groups is 1. The van der Waals surface area contributed by atoms with E-state index in [1.807, 2.05) is 17.4 Å². The van der Waals surface area contributed by atoms with Gasteiger partial charge in [-0.05, 0) is 30.2 Å². The van der Waals surface area contributed by atoms with Crippen LogP contribution in [0.5, 0.6) is 0 Å². The van der Waals surface area contributed by atoms with E-state index >= 15 is 0 Å². The van der Waals surface area contributed by atoms with Gasteiger partial charge in [-0.25, -0.2) is 0 Å². The highest BCUT2D eigenvalue weighted by atomic mass is 127. The summed E-state index contributed by atoms with van der Waals surface area (Å²) in [6.45, 7) is 4.68. The first-order valence-electron chi connectivity index (χ1n) is 4.43. The number of hydrogen-bond donors (Lipinski definition) is 0. The SMILES string of the molecule is C=CC[n+]1c(SC)sc2ccccc21.[I-]. The Bertz CT molecular complexity index is 465. The number of benzene rings is 1. The maximum Gasteiger partial charge on any atom is 0.298 e. The average molecular weight is 349 g/mol. The molecule has 0 atom stereocenters. The molecule has 1 aromatic carbocycles. The highest BCUT2D eigenvalue weighted by Crippen LogP contribution is 2.25. The minimum Gasteiger partial charge on any atom is -1.00 e. The fourth-order valence-corrected chi connectivity index (χ4v) is 3.36. The molecule has 0 amide bonds. The van der Waals surface area contributed by atoms with Gasteiger partial charge in [0.15, 0.2) is 6.54 Å². The van der Waals surface area contributed by atoms with Gasteiger partial charge in [0.25, 0.3) is 4.34 Å². The molecule has 4 heteroatoms. The van der Waals surface area contributed by atoms with Crippen molar-refractivity contribution >= 4 is 33.3 Å². The lowest BCUT2D eigenvalue weighted by Crippen LogP contribution is -3.00. The molecule has 2 aromatic rings. The van der Waals surface area contributed by atoms with E-state index < -0.39 is 0 Å². The van der Waals surface area contributed by atoms with E-state index in [9.17, 15) is 0 Å². The second-order valence-electron chi connectivity index (χ2n) is 2.94. The van der Waals surface area contributed by atoms with Crippen LogP contribution in [0.15, 0.2) is 41.3 Å². The maximum absolute atomic E-state index is 3.79. The molecule has 0 saturated carbocycles. The Kier molecular flexibility index (Phi) is 5.08. The van der Waals surface area contributed by atoms with Crippen molar-refractivity contribution in [2.75, 3.05) is 6.26 Å². The van der Waals surface area contributed by atoms with Crippen LogP contribution in [0.4, 0.5) is 0 Å². The third-order valence-corrected chi connectivity index (χ3v) is 4.34. The standard InChI is InChI=1S/C11H12NS2.HI/c1-3-8-12-9-6-4-5-7-10(9)14-11(12)13-2;/h3-7H,1,8H2,2H3;1H/q+1;/p-1. The summed E-state index contributed by atoms with van der Waals surface area (Å²) < 4.78 is 4.99. The fraction of sp³-hybridized carbons (Fsp3) is 0.182. The van der Waals surface area contributed by atoms with E-state index in [0.29, 0.717) is 0 Å². The molecule has 1 nitrogen and oxygen atoms in total. The Labute approximate surface area is 115 Å². The molecule has 0 aliphatic heterocycles. The summed E-state index contributed by atoms with van der Waals surface area (Å²) in [5, 5.41) is 0. The summed E-state index contributed by atoms with van der Waals surface area (Å²) in [7, 11) is 0. The molecule has 80 valence electrons. The number of halogens is 1. The third-order valence-electron chi connectivity index (χ3n) is 2.06. The van der Waals surface area contributed by atoms with Crippen molar-refractivity contribution in [3.05, 3.63) is 36.9 Å². The number of thiazole rings is 1. The van der Waals surface area contributed by atoms with E-state index in [1.165, 1.54) is 14.6 Å². The zero-order valence-electron chi connectivity index (χ0n) is 8.44. The number of aromatic nitrogens is 1. The zero-order chi connectivity index (χ0) is 9.97. The van der Waals surface area contributed by atoms with Gasteiger partial charge in [-0.15, -0.1) is 0 Å². The molecule has 0 bridgehead atoms. The predicted octanol–water partition coefficient (Wildman–Crippen LogP) is 0.101. The topological polar surface area (TPSA) is 3.88 Å². The summed E-state index contributed by atoms with van der Waals surface area (Å²) in [6.07, 6.45) is 4.06. The number of allylic oxidation sites excluding steroid dienone is 1. The van der Waals surface area contributed by atoms with Crippen LogP contribution in [-0.4, -0.2) is 6.26 Å². The Morgan fingerprint density at radius 1 is 1.47 bits per heavy atom. The zero-order valence-corrected chi connectivity index (χ0v) is 12.2. The van der Waals surface area contributed by atoms with Crippen molar-refractivity contribution in [1.82, 2.24) is 0 Å². The first-order chi connectivity index (χ1) is 6.86. The van der Waals surface area contributed by atoms with Crippen molar-refractivity contribution in [1.29, 1.82) is 0 Å². The second-order valence-corrected chi connectivity index (χ2v) is 5.02. The molecule has 0 unspecified atom stereocenters. The molecule has 15 heavy (non-hydrogen) atoms. The molecule has 0 saturated heterocycles. The van der Waals surface area contributed by atoms with E-state index in [1.54, 1.807) is 11.8 Å². The van der Waals surface area contributed by atoms with Crippen molar-refractivity contribution in [3.8, 4) is 0 Å². The van der Waals surface area contributed by atoms with E-state index in [0.717, 1.165) is 6.54 Å². The molecule has 0 aliphatic carbocycles. The maximum atomic E-state index is 3.79. The molecule has 1 heterocycles. The number of para-hydroxylation sites is 1. The number of hydrogen-bond acceptors (Lipinski definition) is 2. The molecule has 0 spiro atoms. The van der Waals surface area contributed by atoms with Gasteiger partial charge < -0.3 is 24.0 Å². The Hall–Kier alpha value is -0.0700. The molecular formula is C11H12INS2. The normalized spacial score (nSPS) is 9.93. The molecule has 0 N–H and O–H groups in total. The van der Waals surface area contributed by atoms with Gasteiger partial charge in [-0.2, -0.15) is 4.57 Å². The predicted molar refractivity (Wildman–Crippen MR) is 64.0 cm³/mol. The van der Waals surface area contributed by atoms with Crippen molar-refractivity contribution in [2.24, 2.45) is 0 Å². The Morgan fingerprint density at radius 3 is 2.87 bits per heavy atom. The van der Waals surface area contributed by atoms with Crippen molar-refractivity contribution < 1.29 is 28.5 Å². The highest BCUT2D eigenvalue weighted by molar-refractivity contribution is 8.00. The Balaban J connectivity index is 0.00000112. The summed E-state index contributed by atoms with van der Waals surface area (Å²) in [4.78, 5) is 0. The van der Waals surface area contributed by atoms with Crippen LogP contribution in [0.2, 0.25) is 0 Å². The molecule has 0 radical (unpaired) electrons. The highest BCUT2D eigenvalue weighted by Gasteiger charge is 2.17. The van der Waals surface area contributed by atoms with Crippen LogP contribution in [-0.2, 0) is 6.54 Å². The largest absolute Gasteiger partial charge is 1.00 e. The summed E-state index contributed by atoms with van der Waals surface area (Å²) >= 11 is 3.64. The lowest BCUT2D eigenvalue weighted by atomic mass is 10.3. The monoisotopic (exact) mass is 349 g/mol. The average Bonchev–Trinajstić information content (AvgIpc) is 2.58. The summed E-state index contributed by atoms with van der Waals surface area (Å²) in [6, 6.07) is 8.49. The van der Waals surface area contributed by atoms with E-state index in [2.05, 4.69) is 41.7 Å². The van der Waals surface area contributed by atoms with Crippen molar-refractivity contribution in [3.63, 3.8) is 0 Å². The van der Waals surface area contributed by atoms with Crippen LogP contribution < -0.4 is 28.5 Å². The Morgan fingerprint density at radius 2 is 2.20 bits per heavy atom. The molecule has 1 aromatic heterocycles. The number of fused-ring (bicyclic) bond motifs is 1. The van der Waals surface area contributed by atoms with Crippen LogP contribution >= 0.6 is 23.1 Å².